The molecule has 13 heteroatoms. The lowest BCUT2D eigenvalue weighted by molar-refractivity contribution is -0.322. The van der Waals surface area contributed by atoms with Gasteiger partial charge in [0.15, 0.2) is 24.6 Å². The van der Waals surface area contributed by atoms with Gasteiger partial charge >= 0.3 is 29.8 Å². The zero-order chi connectivity index (χ0) is 38.1. The molecule has 4 saturated carbocycles. The summed E-state index contributed by atoms with van der Waals surface area (Å²) in [6.45, 7) is 11.6. The molecule has 5 aliphatic rings. The van der Waals surface area contributed by atoms with E-state index in [1.54, 1.807) is 0 Å². The van der Waals surface area contributed by atoms with Gasteiger partial charge in [-0.3, -0.25) is 24.0 Å². The summed E-state index contributed by atoms with van der Waals surface area (Å²) >= 11 is 0. The molecule has 1 heterocycles. The molecule has 0 spiro atoms. The van der Waals surface area contributed by atoms with E-state index >= 15 is 0 Å². The molecular weight excluding hydrogens is 676 g/mol. The highest BCUT2D eigenvalue weighted by Crippen LogP contribution is 2.68. The number of carbonyl (C=O) groups is 5. The van der Waals surface area contributed by atoms with Crippen LogP contribution in [0.2, 0.25) is 0 Å². The summed E-state index contributed by atoms with van der Waals surface area (Å²) in [5.74, 6) is -0.475. The Balaban J connectivity index is 1.33. The highest BCUT2D eigenvalue weighted by molar-refractivity contribution is 5.69. The van der Waals surface area contributed by atoms with Crippen LogP contribution in [0.3, 0.4) is 0 Å². The second-order valence-corrected chi connectivity index (χ2v) is 16.7. The van der Waals surface area contributed by atoms with Crippen molar-refractivity contribution in [2.24, 2.45) is 46.3 Å². The van der Waals surface area contributed by atoms with E-state index in [4.69, 9.17) is 33.2 Å². The van der Waals surface area contributed by atoms with Crippen molar-refractivity contribution in [2.75, 3.05) is 13.7 Å². The minimum atomic E-state index is -1.30. The normalized spacial score (nSPS) is 41.6. The van der Waals surface area contributed by atoms with Gasteiger partial charge in [-0.2, -0.15) is 0 Å². The van der Waals surface area contributed by atoms with Crippen molar-refractivity contribution in [2.45, 2.75) is 156 Å². The van der Waals surface area contributed by atoms with Crippen LogP contribution >= 0.6 is 0 Å². The Morgan fingerprint density at radius 1 is 0.769 bits per heavy atom. The summed E-state index contributed by atoms with van der Waals surface area (Å²) in [7, 11) is 1.44. The fourth-order valence-electron chi connectivity index (χ4n) is 11.5. The zero-order valence-electron chi connectivity index (χ0n) is 32.1. The van der Waals surface area contributed by atoms with Crippen LogP contribution in [0.4, 0.5) is 0 Å². The van der Waals surface area contributed by atoms with Crippen molar-refractivity contribution in [1.29, 1.82) is 0 Å². The first-order chi connectivity index (χ1) is 24.5. The molecular formula is C39H60O13. The van der Waals surface area contributed by atoms with Crippen LogP contribution in [0, 0.1) is 46.3 Å². The van der Waals surface area contributed by atoms with E-state index < -0.39 is 60.7 Å². The third-order valence-electron chi connectivity index (χ3n) is 13.7. The first kappa shape index (κ1) is 40.4. The molecule has 0 aromatic heterocycles. The van der Waals surface area contributed by atoms with Gasteiger partial charge in [0.05, 0.1) is 19.3 Å². The number of hydrogen-bond donors (Lipinski definition) is 1. The first-order valence-corrected chi connectivity index (χ1v) is 19.2. The SMILES string of the molecule is COC(=O)CC[C@@H](C)[C@H]1CC[C@H]2[C@@H]3C[C@H](O)[C@@H]4C[C@H](O[C@@H]5O[C@H](COC(C)=O)[C@@H](OC(C)=O)[C@H](OC(C)=O)[C@H]5OC(C)=O)CC[C@]4(C)[C@H]3CC[C@]12C. The van der Waals surface area contributed by atoms with Gasteiger partial charge < -0.3 is 38.3 Å². The Hall–Kier alpha value is -2.77. The van der Waals surface area contributed by atoms with Crippen molar-refractivity contribution in [1.82, 2.24) is 0 Å². The summed E-state index contributed by atoms with van der Waals surface area (Å²) in [6.07, 6.45) is 1.54. The molecule has 1 aliphatic heterocycles. The Kier molecular flexibility index (Phi) is 12.7. The van der Waals surface area contributed by atoms with Crippen LogP contribution in [0.15, 0.2) is 0 Å². The zero-order valence-corrected chi connectivity index (χ0v) is 32.1. The molecule has 0 aromatic carbocycles. The summed E-state index contributed by atoms with van der Waals surface area (Å²) in [4.78, 5) is 60.4. The average Bonchev–Trinajstić information content (AvgIpc) is 3.42. The monoisotopic (exact) mass is 736 g/mol. The Labute approximate surface area is 307 Å². The number of hydrogen-bond acceptors (Lipinski definition) is 13. The van der Waals surface area contributed by atoms with E-state index in [9.17, 15) is 29.1 Å². The van der Waals surface area contributed by atoms with Crippen LogP contribution in [0.1, 0.15) is 113 Å². The molecule has 0 amide bonds. The predicted molar refractivity (Wildman–Crippen MR) is 184 cm³/mol. The second kappa shape index (κ2) is 16.3. The van der Waals surface area contributed by atoms with Crippen molar-refractivity contribution >= 4 is 29.8 Å². The van der Waals surface area contributed by atoms with Gasteiger partial charge in [0.1, 0.15) is 12.7 Å². The number of methoxy groups -OCH3 is 1. The molecule has 0 radical (unpaired) electrons. The number of aliphatic hydroxyl groups excluding tert-OH is 1. The predicted octanol–water partition coefficient (Wildman–Crippen LogP) is 4.67. The third kappa shape index (κ3) is 8.31. The molecule has 0 bridgehead atoms. The molecule has 294 valence electrons. The number of rotatable bonds is 11. The Bertz CT molecular complexity index is 1330. The average molecular weight is 737 g/mol. The minimum Gasteiger partial charge on any atom is -0.469 e. The lowest BCUT2D eigenvalue weighted by atomic mass is 9.43. The summed E-state index contributed by atoms with van der Waals surface area (Å²) < 4.78 is 39.7. The Morgan fingerprint density at radius 3 is 2.02 bits per heavy atom. The van der Waals surface area contributed by atoms with Gasteiger partial charge in [0, 0.05) is 34.1 Å². The molecule has 0 unspecified atom stereocenters. The number of ether oxygens (including phenoxy) is 7. The quantitative estimate of drug-likeness (QED) is 0.177. The number of aliphatic hydroxyl groups is 1. The topological polar surface area (TPSA) is 170 Å². The van der Waals surface area contributed by atoms with E-state index in [2.05, 4.69) is 20.8 Å². The van der Waals surface area contributed by atoms with E-state index in [0.29, 0.717) is 48.9 Å². The fourth-order valence-corrected chi connectivity index (χ4v) is 11.5. The largest absolute Gasteiger partial charge is 0.469 e. The molecule has 5 rings (SSSR count). The number of fused-ring (bicyclic) bond motifs is 5. The van der Waals surface area contributed by atoms with E-state index in [-0.39, 0.29) is 35.4 Å². The summed E-state index contributed by atoms with van der Waals surface area (Å²) in [6, 6.07) is 0. The highest BCUT2D eigenvalue weighted by atomic mass is 16.7. The van der Waals surface area contributed by atoms with Crippen LogP contribution < -0.4 is 0 Å². The molecule has 4 aliphatic carbocycles. The standard InChI is InChI=1S/C39H60O13/c1-20(9-12-33(45)46-8)27-10-11-28-26-18-31(44)30-17-25(13-15-39(30,7)29(26)14-16-38(27,28)6)51-37-36(50-24(5)43)35(49-23(4)42)34(48-22(3)41)32(52-37)19-47-21(2)40/h20,25-32,34-37,44H,9-19H2,1-8H3/t20-,25-,26+,27-,28+,29+,30+,31+,32-,34-,35+,36-,37-,38-,39-/m1/s1. The lowest BCUT2D eigenvalue weighted by Gasteiger charge is -2.62. The second-order valence-electron chi connectivity index (χ2n) is 16.7. The van der Waals surface area contributed by atoms with E-state index in [0.717, 1.165) is 44.9 Å². The van der Waals surface area contributed by atoms with Gasteiger partial charge in [0.2, 0.25) is 0 Å². The maximum atomic E-state index is 12.3. The Morgan fingerprint density at radius 2 is 1.38 bits per heavy atom. The van der Waals surface area contributed by atoms with Gasteiger partial charge in [-0.1, -0.05) is 20.8 Å². The molecule has 13 nitrogen and oxygen atoms in total. The summed E-state index contributed by atoms with van der Waals surface area (Å²) in [5, 5.41) is 11.9. The smallest absolute Gasteiger partial charge is 0.305 e. The van der Waals surface area contributed by atoms with Crippen molar-refractivity contribution < 1.29 is 62.2 Å². The van der Waals surface area contributed by atoms with Crippen molar-refractivity contribution in [3.05, 3.63) is 0 Å². The highest BCUT2D eigenvalue weighted by Gasteiger charge is 2.63. The van der Waals surface area contributed by atoms with Crippen molar-refractivity contribution in [3.8, 4) is 0 Å². The van der Waals surface area contributed by atoms with Gasteiger partial charge in [-0.15, -0.1) is 0 Å². The third-order valence-corrected chi connectivity index (χ3v) is 13.7. The maximum Gasteiger partial charge on any atom is 0.305 e. The number of carbonyl (C=O) groups excluding carboxylic acids is 5. The molecule has 1 N–H and O–H groups in total. The first-order valence-electron chi connectivity index (χ1n) is 19.2. The fraction of sp³-hybridized carbons (Fsp3) is 0.872. The van der Waals surface area contributed by atoms with Gasteiger partial charge in [-0.05, 0) is 104 Å². The maximum absolute atomic E-state index is 12.3. The minimum absolute atomic E-state index is 0.0290. The van der Waals surface area contributed by atoms with Crippen LogP contribution in [-0.4, -0.2) is 91.6 Å². The molecule has 5 fully saturated rings. The van der Waals surface area contributed by atoms with E-state index in [1.165, 1.54) is 34.8 Å². The van der Waals surface area contributed by atoms with Crippen molar-refractivity contribution in [3.63, 3.8) is 0 Å². The van der Waals surface area contributed by atoms with Crippen LogP contribution in [0.5, 0.6) is 0 Å². The molecule has 0 aromatic rings. The van der Waals surface area contributed by atoms with Gasteiger partial charge in [-0.25, -0.2) is 0 Å². The number of esters is 5. The van der Waals surface area contributed by atoms with Gasteiger partial charge in [0.25, 0.3) is 0 Å². The van der Waals surface area contributed by atoms with Crippen LogP contribution in [-0.2, 0) is 57.1 Å². The summed E-state index contributed by atoms with van der Waals surface area (Å²) in [5.41, 5.74) is 0.0778. The molecule has 15 atom stereocenters. The molecule has 1 saturated heterocycles. The van der Waals surface area contributed by atoms with Crippen LogP contribution in [0.25, 0.3) is 0 Å². The lowest BCUT2D eigenvalue weighted by Crippen LogP contribution is -2.64. The van der Waals surface area contributed by atoms with E-state index in [1.807, 2.05) is 0 Å². The molecule has 52 heavy (non-hydrogen) atoms.